The molecule has 0 radical (unpaired) electrons. The van der Waals surface area contributed by atoms with Gasteiger partial charge < -0.3 is 19.0 Å². The first-order chi connectivity index (χ1) is 10.8. The molecule has 2 rings (SSSR count). The summed E-state index contributed by atoms with van der Waals surface area (Å²) in [5, 5.41) is 2.60. The summed E-state index contributed by atoms with van der Waals surface area (Å²) in [5.74, 6) is 0. The zero-order valence-electron chi connectivity index (χ0n) is 15.3. The summed E-state index contributed by atoms with van der Waals surface area (Å²) < 4.78 is 17.1. The third-order valence-electron chi connectivity index (χ3n) is 4.12. The van der Waals surface area contributed by atoms with Crippen LogP contribution in [0.25, 0.3) is 0 Å². The lowest BCUT2D eigenvalue weighted by Gasteiger charge is -2.32. The molecule has 1 aliphatic rings. The van der Waals surface area contributed by atoms with Gasteiger partial charge in [0.1, 0.15) is 5.60 Å². The van der Waals surface area contributed by atoms with Crippen LogP contribution in [-0.2, 0) is 14.0 Å². The summed E-state index contributed by atoms with van der Waals surface area (Å²) in [6.07, 6.45) is 0.801. The number of carbonyl (C=O) groups is 1. The number of pyridine rings is 1. The molecule has 0 unspecified atom stereocenters. The Labute approximate surface area is 142 Å². The van der Waals surface area contributed by atoms with Crippen molar-refractivity contribution < 1.29 is 18.8 Å². The number of carbonyl (C=O) groups excluding carboxylic acids is 1. The summed E-state index contributed by atoms with van der Waals surface area (Å²) >= 11 is 0. The topological polar surface area (TPSA) is 89.7 Å². The summed E-state index contributed by atoms with van der Waals surface area (Å²) in [7, 11) is -0.884. The van der Waals surface area contributed by atoms with Crippen LogP contribution in [0.15, 0.2) is 17.1 Å². The van der Waals surface area contributed by atoms with Crippen molar-refractivity contribution in [2.45, 2.75) is 65.3 Å². The number of amides is 1. The van der Waals surface area contributed by atoms with E-state index < -0.39 is 30.0 Å². The number of rotatable bonds is 2. The fraction of sp³-hybridized carbons (Fsp3) is 0.625. The molecule has 1 fully saturated rings. The van der Waals surface area contributed by atoms with Crippen molar-refractivity contribution in [3.8, 4) is 0 Å². The molecule has 1 aromatic rings. The molecule has 0 spiro atoms. The molecule has 0 aromatic carbocycles. The highest BCUT2D eigenvalue weighted by atomic mass is 16.7. The largest absolute Gasteiger partial charge is 0.502 e. The Kier molecular flexibility index (Phi) is 4.58. The van der Waals surface area contributed by atoms with Gasteiger partial charge in [-0.2, -0.15) is 0 Å². The zero-order chi connectivity index (χ0) is 18.3. The first-order valence-corrected chi connectivity index (χ1v) is 7.90. The Bertz CT molecular complexity index is 674. The van der Waals surface area contributed by atoms with Gasteiger partial charge in [-0.15, -0.1) is 0 Å². The summed E-state index contributed by atoms with van der Waals surface area (Å²) in [6.45, 7) is 12.9. The number of H-pyrrole nitrogens is 1. The third kappa shape index (κ3) is 3.81. The lowest BCUT2D eigenvalue weighted by Crippen LogP contribution is -2.46. The zero-order valence-corrected chi connectivity index (χ0v) is 15.3. The van der Waals surface area contributed by atoms with Crippen molar-refractivity contribution in [3.05, 3.63) is 22.6 Å². The van der Waals surface area contributed by atoms with Crippen molar-refractivity contribution in [1.29, 1.82) is 0 Å². The maximum absolute atomic E-state index is 12.3. The van der Waals surface area contributed by atoms with Crippen LogP contribution < -0.4 is 16.3 Å². The van der Waals surface area contributed by atoms with Crippen LogP contribution in [-0.4, -0.2) is 35.0 Å². The van der Waals surface area contributed by atoms with Gasteiger partial charge >= 0.3 is 13.2 Å². The van der Waals surface area contributed by atoms with Crippen LogP contribution in [0.4, 0.5) is 10.5 Å². The fourth-order valence-electron chi connectivity index (χ4n) is 2.21. The first kappa shape index (κ1) is 18.5. The fourth-order valence-corrected chi connectivity index (χ4v) is 2.21. The van der Waals surface area contributed by atoms with Crippen molar-refractivity contribution in [2.24, 2.45) is 0 Å². The summed E-state index contributed by atoms with van der Waals surface area (Å²) in [5.41, 5.74) is -1.71. The predicted molar refractivity (Wildman–Crippen MR) is 92.6 cm³/mol. The second kappa shape index (κ2) is 5.93. The molecule has 0 atom stereocenters. The molecule has 1 aromatic heterocycles. The van der Waals surface area contributed by atoms with E-state index in [1.807, 2.05) is 27.7 Å². The van der Waals surface area contributed by atoms with Gasteiger partial charge in [0.05, 0.1) is 22.4 Å². The van der Waals surface area contributed by atoms with Gasteiger partial charge in [0.2, 0.25) is 5.56 Å². The molecule has 0 saturated carbocycles. The number of hydrogen-bond donors (Lipinski definition) is 2. The second-order valence-corrected chi connectivity index (χ2v) is 7.85. The van der Waals surface area contributed by atoms with Crippen molar-refractivity contribution >= 4 is 24.4 Å². The van der Waals surface area contributed by atoms with Crippen LogP contribution in [0.3, 0.4) is 0 Å². The second-order valence-electron chi connectivity index (χ2n) is 7.85. The monoisotopic (exact) mass is 336 g/mol. The minimum absolute atomic E-state index is 0.210. The number of nitrogens with one attached hydrogen (secondary N) is 2. The van der Waals surface area contributed by atoms with E-state index in [4.69, 9.17) is 14.0 Å². The number of hydrogen-bond acceptors (Lipinski definition) is 5. The Balaban J connectivity index is 2.32. The van der Waals surface area contributed by atoms with E-state index in [9.17, 15) is 9.59 Å². The van der Waals surface area contributed by atoms with E-state index in [0.717, 1.165) is 0 Å². The van der Waals surface area contributed by atoms with E-state index in [2.05, 4.69) is 10.3 Å². The number of ether oxygens (including phenoxy) is 1. The van der Waals surface area contributed by atoms with E-state index in [-0.39, 0.29) is 11.0 Å². The maximum Gasteiger partial charge on any atom is 0.502 e. The van der Waals surface area contributed by atoms with Gasteiger partial charge in [0.15, 0.2) is 0 Å². The van der Waals surface area contributed by atoms with Crippen LogP contribution in [0.2, 0.25) is 0 Å². The van der Waals surface area contributed by atoms with Gasteiger partial charge in [0.25, 0.3) is 0 Å². The molecule has 8 heteroatoms. The average molecular weight is 336 g/mol. The Morgan fingerprint density at radius 3 is 2.25 bits per heavy atom. The standard InChI is InChI=1S/C16H25BN2O5/c1-14(2,3)22-13(21)19-10-8-9-18-12(20)11(10)17-23-15(4,5)16(6,7)24-17/h8-9H,1-7H3,(H2,18,19,20,21). The Hall–Kier alpha value is -1.80. The molecule has 1 saturated heterocycles. The molecular formula is C16H25BN2O5. The number of aromatic nitrogens is 1. The van der Waals surface area contributed by atoms with Crippen LogP contribution in [0.1, 0.15) is 48.5 Å². The minimum Gasteiger partial charge on any atom is -0.444 e. The Morgan fingerprint density at radius 2 is 1.75 bits per heavy atom. The van der Waals surface area contributed by atoms with E-state index in [0.29, 0.717) is 5.69 Å². The summed E-state index contributed by atoms with van der Waals surface area (Å²) in [4.78, 5) is 26.9. The van der Waals surface area contributed by atoms with Crippen LogP contribution in [0, 0.1) is 0 Å². The molecule has 1 aliphatic heterocycles. The molecule has 2 N–H and O–H groups in total. The van der Waals surface area contributed by atoms with E-state index in [1.165, 1.54) is 6.20 Å². The maximum atomic E-state index is 12.3. The molecule has 1 amide bonds. The van der Waals surface area contributed by atoms with Gasteiger partial charge in [-0.25, -0.2) is 4.79 Å². The highest BCUT2D eigenvalue weighted by Gasteiger charge is 2.53. The molecule has 2 heterocycles. The molecule has 132 valence electrons. The quantitative estimate of drug-likeness (QED) is 0.807. The van der Waals surface area contributed by atoms with Gasteiger partial charge in [-0.1, -0.05) is 0 Å². The van der Waals surface area contributed by atoms with Crippen molar-refractivity contribution in [1.82, 2.24) is 4.98 Å². The van der Waals surface area contributed by atoms with Crippen LogP contribution in [0.5, 0.6) is 0 Å². The first-order valence-electron chi connectivity index (χ1n) is 7.90. The van der Waals surface area contributed by atoms with Gasteiger partial charge in [0, 0.05) is 6.20 Å². The SMILES string of the molecule is CC(C)(C)OC(=O)Nc1cc[nH]c(=O)c1B1OC(C)(C)C(C)(C)O1. The lowest BCUT2D eigenvalue weighted by atomic mass is 9.78. The smallest absolute Gasteiger partial charge is 0.444 e. The Morgan fingerprint density at radius 1 is 1.21 bits per heavy atom. The molecule has 7 nitrogen and oxygen atoms in total. The van der Waals surface area contributed by atoms with Gasteiger partial charge in [-0.3, -0.25) is 10.1 Å². The predicted octanol–water partition coefficient (Wildman–Crippen LogP) is 2.02. The third-order valence-corrected chi connectivity index (χ3v) is 4.12. The van der Waals surface area contributed by atoms with E-state index >= 15 is 0 Å². The minimum atomic E-state index is -0.884. The molecular weight excluding hydrogens is 311 g/mol. The molecule has 0 aliphatic carbocycles. The van der Waals surface area contributed by atoms with Crippen molar-refractivity contribution in [2.75, 3.05) is 5.32 Å². The van der Waals surface area contributed by atoms with Gasteiger partial charge in [-0.05, 0) is 54.5 Å². The van der Waals surface area contributed by atoms with Crippen molar-refractivity contribution in [3.63, 3.8) is 0 Å². The summed E-state index contributed by atoms with van der Waals surface area (Å²) in [6, 6.07) is 1.58. The number of aromatic amines is 1. The number of anilines is 1. The highest BCUT2D eigenvalue weighted by Crippen LogP contribution is 2.36. The normalized spacial score (nSPS) is 19.2. The average Bonchev–Trinajstić information content (AvgIpc) is 2.55. The van der Waals surface area contributed by atoms with E-state index in [1.54, 1.807) is 26.8 Å². The highest BCUT2D eigenvalue weighted by molar-refractivity contribution is 6.63. The lowest BCUT2D eigenvalue weighted by molar-refractivity contribution is 0.00578. The van der Waals surface area contributed by atoms with Crippen LogP contribution >= 0.6 is 0 Å². The molecule has 0 bridgehead atoms. The molecule has 24 heavy (non-hydrogen) atoms.